The van der Waals surface area contributed by atoms with Gasteiger partial charge in [-0.3, -0.25) is 4.99 Å². The lowest BCUT2D eigenvalue weighted by Gasteiger charge is -2.30. The number of ether oxygens (including phenoxy) is 1. The molecule has 1 unspecified atom stereocenters. The number of guanidine groups is 1. The van der Waals surface area contributed by atoms with Gasteiger partial charge < -0.3 is 19.8 Å². The standard InChI is InChI=1S/C15H27N3O2.HI/c1-15(2,3)13(19-5)11-18-14(16-4)17-9-8-12-7-6-10-20-12;/h6-7,10,13H,8-9,11H2,1-5H3,(H2,16,17,18);1H. The molecule has 6 heteroatoms. The highest BCUT2D eigenvalue weighted by molar-refractivity contribution is 14.0. The van der Waals surface area contributed by atoms with Crippen molar-refractivity contribution in [2.75, 3.05) is 27.2 Å². The highest BCUT2D eigenvalue weighted by Gasteiger charge is 2.24. The molecule has 0 spiro atoms. The number of rotatable bonds is 6. The van der Waals surface area contributed by atoms with Gasteiger partial charge in [0.15, 0.2) is 5.96 Å². The van der Waals surface area contributed by atoms with E-state index in [0.717, 1.165) is 31.2 Å². The summed E-state index contributed by atoms with van der Waals surface area (Å²) in [5, 5.41) is 6.55. The third-order valence-electron chi connectivity index (χ3n) is 3.17. The molecule has 0 bridgehead atoms. The first-order valence-electron chi connectivity index (χ1n) is 6.97. The van der Waals surface area contributed by atoms with Gasteiger partial charge >= 0.3 is 0 Å². The Bertz CT molecular complexity index is 400. The van der Waals surface area contributed by atoms with Gasteiger partial charge in [-0.2, -0.15) is 0 Å². The van der Waals surface area contributed by atoms with Crippen LogP contribution in [0, 0.1) is 5.41 Å². The van der Waals surface area contributed by atoms with Crippen LogP contribution in [0.4, 0.5) is 0 Å². The van der Waals surface area contributed by atoms with E-state index in [2.05, 4.69) is 36.4 Å². The lowest BCUT2D eigenvalue weighted by molar-refractivity contribution is 0.0205. The minimum absolute atomic E-state index is 0. The van der Waals surface area contributed by atoms with Gasteiger partial charge in [0.1, 0.15) is 5.76 Å². The molecule has 0 aliphatic rings. The molecular weight excluding hydrogens is 381 g/mol. The number of hydrogen-bond acceptors (Lipinski definition) is 3. The van der Waals surface area contributed by atoms with Gasteiger partial charge in [0.25, 0.3) is 0 Å². The number of nitrogens with one attached hydrogen (secondary N) is 2. The summed E-state index contributed by atoms with van der Waals surface area (Å²) < 4.78 is 10.8. The van der Waals surface area contributed by atoms with Gasteiger partial charge in [0.05, 0.1) is 12.4 Å². The molecule has 5 nitrogen and oxygen atoms in total. The van der Waals surface area contributed by atoms with Crippen LogP contribution in [0.1, 0.15) is 26.5 Å². The normalized spacial score (nSPS) is 13.5. The molecule has 122 valence electrons. The third kappa shape index (κ3) is 7.71. The highest BCUT2D eigenvalue weighted by Crippen LogP contribution is 2.20. The van der Waals surface area contributed by atoms with E-state index in [0.29, 0.717) is 0 Å². The molecule has 0 radical (unpaired) electrons. The number of aliphatic imine (C=N–C) groups is 1. The summed E-state index contributed by atoms with van der Waals surface area (Å²) in [6, 6.07) is 3.87. The lowest BCUT2D eigenvalue weighted by Crippen LogP contribution is -2.45. The van der Waals surface area contributed by atoms with E-state index in [4.69, 9.17) is 9.15 Å². The fraction of sp³-hybridized carbons (Fsp3) is 0.667. The molecule has 1 rings (SSSR count). The van der Waals surface area contributed by atoms with Crippen molar-refractivity contribution in [2.45, 2.75) is 33.3 Å². The van der Waals surface area contributed by atoms with Crippen molar-refractivity contribution in [1.82, 2.24) is 10.6 Å². The van der Waals surface area contributed by atoms with Crippen LogP contribution >= 0.6 is 24.0 Å². The summed E-state index contributed by atoms with van der Waals surface area (Å²) in [6.07, 6.45) is 2.65. The van der Waals surface area contributed by atoms with Crippen molar-refractivity contribution in [3.63, 3.8) is 0 Å². The number of furan rings is 1. The number of methoxy groups -OCH3 is 1. The van der Waals surface area contributed by atoms with Crippen molar-refractivity contribution in [1.29, 1.82) is 0 Å². The average molecular weight is 409 g/mol. The second-order valence-corrected chi connectivity index (χ2v) is 5.80. The zero-order valence-corrected chi connectivity index (χ0v) is 15.9. The van der Waals surface area contributed by atoms with Crippen LogP contribution in [-0.2, 0) is 11.2 Å². The lowest BCUT2D eigenvalue weighted by atomic mass is 9.89. The Balaban J connectivity index is 0.00000400. The molecule has 1 aromatic rings. The van der Waals surface area contributed by atoms with Gasteiger partial charge in [0, 0.05) is 33.7 Å². The predicted octanol–water partition coefficient (Wildman–Crippen LogP) is 2.67. The molecule has 1 heterocycles. The zero-order valence-electron chi connectivity index (χ0n) is 13.6. The van der Waals surface area contributed by atoms with E-state index in [1.807, 2.05) is 12.1 Å². The quantitative estimate of drug-likeness (QED) is 0.431. The van der Waals surface area contributed by atoms with Gasteiger partial charge in [-0.25, -0.2) is 0 Å². The molecule has 21 heavy (non-hydrogen) atoms. The summed E-state index contributed by atoms with van der Waals surface area (Å²) in [4.78, 5) is 4.20. The smallest absolute Gasteiger partial charge is 0.191 e. The van der Waals surface area contributed by atoms with E-state index >= 15 is 0 Å². The molecule has 0 fully saturated rings. The Morgan fingerprint density at radius 3 is 2.57 bits per heavy atom. The number of nitrogens with zero attached hydrogens (tertiary/aromatic N) is 1. The van der Waals surface area contributed by atoms with Crippen LogP contribution in [0.2, 0.25) is 0 Å². The molecule has 1 atom stereocenters. The first-order chi connectivity index (χ1) is 9.47. The number of halogens is 1. The summed E-state index contributed by atoms with van der Waals surface area (Å²) in [5.74, 6) is 1.75. The second kappa shape index (κ2) is 10.0. The molecular formula is C15H28IN3O2. The van der Waals surface area contributed by atoms with E-state index in [1.165, 1.54) is 0 Å². The van der Waals surface area contributed by atoms with Crippen molar-refractivity contribution in [2.24, 2.45) is 10.4 Å². The van der Waals surface area contributed by atoms with Crippen LogP contribution in [0.25, 0.3) is 0 Å². The van der Waals surface area contributed by atoms with Gasteiger partial charge in [-0.15, -0.1) is 24.0 Å². The summed E-state index contributed by atoms with van der Waals surface area (Å²) >= 11 is 0. The van der Waals surface area contributed by atoms with Crippen LogP contribution < -0.4 is 10.6 Å². The minimum Gasteiger partial charge on any atom is -0.469 e. The van der Waals surface area contributed by atoms with Crippen molar-refractivity contribution in [3.05, 3.63) is 24.2 Å². The Morgan fingerprint density at radius 1 is 1.38 bits per heavy atom. The Hall–Kier alpha value is -0.760. The fourth-order valence-corrected chi connectivity index (χ4v) is 1.91. The van der Waals surface area contributed by atoms with E-state index in [1.54, 1.807) is 20.4 Å². The van der Waals surface area contributed by atoms with Crippen molar-refractivity contribution in [3.8, 4) is 0 Å². The van der Waals surface area contributed by atoms with Crippen LogP contribution in [0.5, 0.6) is 0 Å². The van der Waals surface area contributed by atoms with Gasteiger partial charge in [-0.1, -0.05) is 20.8 Å². The zero-order chi connectivity index (χ0) is 15.0. The Labute approximate surface area is 144 Å². The Kier molecular flexibility index (Phi) is 9.68. The van der Waals surface area contributed by atoms with Crippen molar-refractivity contribution >= 4 is 29.9 Å². The molecule has 0 aromatic carbocycles. The van der Waals surface area contributed by atoms with Gasteiger partial charge in [-0.05, 0) is 17.5 Å². The molecule has 0 amide bonds. The number of hydrogen-bond donors (Lipinski definition) is 2. The van der Waals surface area contributed by atoms with E-state index < -0.39 is 0 Å². The highest BCUT2D eigenvalue weighted by atomic mass is 127. The van der Waals surface area contributed by atoms with Crippen LogP contribution in [0.15, 0.2) is 27.8 Å². The summed E-state index contributed by atoms with van der Waals surface area (Å²) in [5.41, 5.74) is 0.0920. The average Bonchev–Trinajstić information content (AvgIpc) is 2.88. The van der Waals surface area contributed by atoms with E-state index in [-0.39, 0.29) is 35.5 Å². The van der Waals surface area contributed by atoms with Crippen LogP contribution in [0.3, 0.4) is 0 Å². The summed E-state index contributed by atoms with van der Waals surface area (Å²) in [6.45, 7) is 7.99. The molecule has 0 saturated heterocycles. The maximum atomic E-state index is 5.51. The topological polar surface area (TPSA) is 58.8 Å². The maximum absolute atomic E-state index is 5.51. The molecule has 0 saturated carbocycles. The van der Waals surface area contributed by atoms with Crippen molar-refractivity contribution < 1.29 is 9.15 Å². The second-order valence-electron chi connectivity index (χ2n) is 5.80. The SMILES string of the molecule is CN=C(NCCc1ccco1)NCC(OC)C(C)(C)C.I. The van der Waals surface area contributed by atoms with E-state index in [9.17, 15) is 0 Å². The largest absolute Gasteiger partial charge is 0.469 e. The monoisotopic (exact) mass is 409 g/mol. The molecule has 0 aliphatic heterocycles. The first kappa shape index (κ1) is 20.2. The first-order valence-corrected chi connectivity index (χ1v) is 6.97. The maximum Gasteiger partial charge on any atom is 0.191 e. The van der Waals surface area contributed by atoms with Crippen LogP contribution in [-0.4, -0.2) is 39.3 Å². The molecule has 2 N–H and O–H groups in total. The fourth-order valence-electron chi connectivity index (χ4n) is 1.91. The van der Waals surface area contributed by atoms with Gasteiger partial charge in [0.2, 0.25) is 0 Å². The summed E-state index contributed by atoms with van der Waals surface area (Å²) in [7, 11) is 3.51. The minimum atomic E-state index is 0. The molecule has 1 aromatic heterocycles. The molecule has 0 aliphatic carbocycles. The third-order valence-corrected chi connectivity index (χ3v) is 3.17. The predicted molar refractivity (Wildman–Crippen MR) is 97.4 cm³/mol. The Morgan fingerprint density at radius 2 is 2.10 bits per heavy atom.